The van der Waals surface area contributed by atoms with Gasteiger partial charge in [0.1, 0.15) is 5.01 Å². The largest absolute Gasteiger partial charge is 0.454 e. The molecule has 9 heteroatoms. The summed E-state index contributed by atoms with van der Waals surface area (Å²) in [5.41, 5.74) is 2.17. The van der Waals surface area contributed by atoms with Crippen molar-refractivity contribution in [2.75, 3.05) is 13.8 Å². The van der Waals surface area contributed by atoms with Crippen LogP contribution in [0.1, 0.15) is 21.1 Å². The molecule has 0 saturated carbocycles. The lowest BCUT2D eigenvalue weighted by Gasteiger charge is -2.12. The molecule has 0 spiro atoms. The van der Waals surface area contributed by atoms with Crippen molar-refractivity contribution in [3.63, 3.8) is 0 Å². The highest BCUT2D eigenvalue weighted by Crippen LogP contribution is 2.39. The quantitative estimate of drug-likeness (QED) is 0.353. The molecule has 0 saturated heterocycles. The van der Waals surface area contributed by atoms with E-state index in [0.29, 0.717) is 13.1 Å². The van der Waals surface area contributed by atoms with Crippen molar-refractivity contribution in [2.45, 2.75) is 26.9 Å². The van der Waals surface area contributed by atoms with Gasteiger partial charge < -0.3 is 20.1 Å². The van der Waals surface area contributed by atoms with Gasteiger partial charge in [-0.1, -0.05) is 0 Å². The second kappa shape index (κ2) is 9.04. The van der Waals surface area contributed by atoms with E-state index in [4.69, 9.17) is 9.47 Å². The lowest BCUT2D eigenvalue weighted by Crippen LogP contribution is -2.36. The van der Waals surface area contributed by atoms with E-state index in [2.05, 4.69) is 43.5 Å². The molecule has 0 radical (unpaired) electrons. The molecule has 6 nitrogen and oxygen atoms in total. The number of thiazole rings is 1. The predicted molar refractivity (Wildman–Crippen MR) is 114 cm³/mol. The van der Waals surface area contributed by atoms with E-state index in [-0.39, 0.29) is 30.8 Å². The van der Waals surface area contributed by atoms with Gasteiger partial charge in [0.2, 0.25) is 6.79 Å². The summed E-state index contributed by atoms with van der Waals surface area (Å²) in [6.45, 7) is 5.66. The summed E-state index contributed by atoms with van der Waals surface area (Å²) < 4.78 is 11.7. The van der Waals surface area contributed by atoms with E-state index in [1.165, 1.54) is 4.88 Å². The summed E-state index contributed by atoms with van der Waals surface area (Å²) in [6.07, 6.45) is 0. The molecule has 1 aliphatic heterocycles. The van der Waals surface area contributed by atoms with Gasteiger partial charge in [-0.2, -0.15) is 0 Å². The lowest BCUT2D eigenvalue weighted by atomic mass is 10.2. The molecule has 1 aliphatic rings. The number of hydrogen-bond acceptors (Lipinski definition) is 5. The molecule has 0 atom stereocenters. The Morgan fingerprint density at radius 1 is 1.28 bits per heavy atom. The Morgan fingerprint density at radius 3 is 2.72 bits per heavy atom. The molecule has 136 valence electrons. The van der Waals surface area contributed by atoms with Crippen LogP contribution in [0.3, 0.4) is 0 Å². The fraction of sp³-hybridized carbons (Fsp3) is 0.375. The molecule has 2 N–H and O–H groups in total. The molecule has 25 heavy (non-hydrogen) atoms. The van der Waals surface area contributed by atoms with Crippen LogP contribution in [0.5, 0.6) is 11.5 Å². The topological polar surface area (TPSA) is 67.8 Å². The van der Waals surface area contributed by atoms with E-state index in [1.54, 1.807) is 18.4 Å². The van der Waals surface area contributed by atoms with Crippen LogP contribution in [-0.4, -0.2) is 24.8 Å². The van der Waals surface area contributed by atoms with Gasteiger partial charge in [-0.15, -0.1) is 35.3 Å². The molecule has 1 aromatic heterocycles. The SMILES string of the molecule is CN=C(NCc1cc(Br)c2c(c1)OCO2)NCc1nc(C)c(C)s1.I. The third kappa shape index (κ3) is 4.98. The zero-order valence-corrected chi connectivity index (χ0v) is 18.9. The fourth-order valence-electron chi connectivity index (χ4n) is 2.30. The summed E-state index contributed by atoms with van der Waals surface area (Å²) in [5, 5.41) is 7.63. The molecule has 3 rings (SSSR count). The predicted octanol–water partition coefficient (Wildman–Crippen LogP) is 3.73. The summed E-state index contributed by atoms with van der Waals surface area (Å²) >= 11 is 5.21. The van der Waals surface area contributed by atoms with Crippen molar-refractivity contribution < 1.29 is 9.47 Å². The Hall–Kier alpha value is -1.07. The van der Waals surface area contributed by atoms with Crippen LogP contribution in [0.15, 0.2) is 21.6 Å². The highest BCUT2D eigenvalue weighted by molar-refractivity contribution is 14.0. The Balaban J connectivity index is 0.00000225. The molecule has 0 amide bonds. The second-order valence-electron chi connectivity index (χ2n) is 5.34. The van der Waals surface area contributed by atoms with Gasteiger partial charge in [0.15, 0.2) is 17.5 Å². The first-order chi connectivity index (χ1) is 11.6. The molecule has 0 bridgehead atoms. The zero-order chi connectivity index (χ0) is 17.1. The Kier molecular flexibility index (Phi) is 7.32. The van der Waals surface area contributed by atoms with Gasteiger partial charge in [-0.3, -0.25) is 4.99 Å². The molecule has 0 unspecified atom stereocenters. The normalized spacial score (nSPS) is 12.7. The van der Waals surface area contributed by atoms with Crippen LogP contribution in [0.2, 0.25) is 0 Å². The number of nitrogens with zero attached hydrogens (tertiary/aromatic N) is 2. The van der Waals surface area contributed by atoms with E-state index in [0.717, 1.165) is 38.2 Å². The maximum Gasteiger partial charge on any atom is 0.231 e. The smallest absolute Gasteiger partial charge is 0.231 e. The number of hydrogen-bond donors (Lipinski definition) is 2. The van der Waals surface area contributed by atoms with Gasteiger partial charge in [-0.05, 0) is 47.5 Å². The van der Waals surface area contributed by atoms with Crippen molar-refractivity contribution in [3.8, 4) is 11.5 Å². The van der Waals surface area contributed by atoms with Crippen molar-refractivity contribution in [3.05, 3.63) is 37.7 Å². The molecule has 0 aliphatic carbocycles. The number of fused-ring (bicyclic) bond motifs is 1. The molecular weight excluding hydrogens is 519 g/mol. The standard InChI is InChI=1S/C16H19BrN4O2S.HI/c1-9-10(2)24-14(21-9)7-20-16(18-3)19-6-11-4-12(17)15-13(5-11)22-8-23-15;/h4-5H,6-8H2,1-3H3,(H2,18,19,20);1H. The van der Waals surface area contributed by atoms with Gasteiger partial charge in [-0.25, -0.2) is 4.98 Å². The van der Waals surface area contributed by atoms with Crippen molar-refractivity contribution in [2.24, 2.45) is 4.99 Å². The van der Waals surface area contributed by atoms with E-state index in [1.807, 2.05) is 19.1 Å². The highest BCUT2D eigenvalue weighted by atomic mass is 127. The number of aryl methyl sites for hydroxylation is 2. The monoisotopic (exact) mass is 538 g/mol. The molecular formula is C16H20BrIN4O2S. The minimum Gasteiger partial charge on any atom is -0.454 e. The van der Waals surface area contributed by atoms with E-state index < -0.39 is 0 Å². The average molecular weight is 539 g/mol. The summed E-state index contributed by atoms with van der Waals surface area (Å²) in [4.78, 5) is 10.0. The van der Waals surface area contributed by atoms with E-state index >= 15 is 0 Å². The first-order valence-electron chi connectivity index (χ1n) is 7.52. The maximum absolute atomic E-state index is 5.44. The molecule has 2 aromatic rings. The molecule has 0 fully saturated rings. The van der Waals surface area contributed by atoms with Crippen LogP contribution in [-0.2, 0) is 13.1 Å². The van der Waals surface area contributed by atoms with Crippen molar-refractivity contribution in [1.29, 1.82) is 0 Å². The lowest BCUT2D eigenvalue weighted by molar-refractivity contribution is 0.173. The minimum atomic E-state index is 0. The highest BCUT2D eigenvalue weighted by Gasteiger charge is 2.18. The van der Waals surface area contributed by atoms with Crippen molar-refractivity contribution in [1.82, 2.24) is 15.6 Å². The number of guanidine groups is 1. The number of halogens is 2. The number of rotatable bonds is 4. The Bertz CT molecular complexity index is 762. The molecule has 2 heterocycles. The molecule has 1 aromatic carbocycles. The number of benzene rings is 1. The van der Waals surface area contributed by atoms with Crippen molar-refractivity contribution >= 4 is 57.2 Å². The van der Waals surface area contributed by atoms with Crippen LogP contribution < -0.4 is 20.1 Å². The summed E-state index contributed by atoms with van der Waals surface area (Å²) in [7, 11) is 1.75. The number of aromatic nitrogens is 1. The fourth-order valence-corrected chi connectivity index (χ4v) is 3.78. The Labute approximate surface area is 176 Å². The number of ether oxygens (including phenoxy) is 2. The van der Waals surface area contributed by atoms with Crippen LogP contribution >= 0.6 is 51.2 Å². The third-order valence-corrected chi connectivity index (χ3v) is 5.31. The van der Waals surface area contributed by atoms with Crippen LogP contribution in [0.4, 0.5) is 0 Å². The Morgan fingerprint density at radius 2 is 2.04 bits per heavy atom. The first kappa shape index (κ1) is 20.2. The number of aliphatic imine (C=N–C) groups is 1. The van der Waals surface area contributed by atoms with Gasteiger partial charge >= 0.3 is 0 Å². The summed E-state index contributed by atoms with van der Waals surface area (Å²) in [5.74, 6) is 2.25. The minimum absolute atomic E-state index is 0. The van der Waals surface area contributed by atoms with Crippen LogP contribution in [0, 0.1) is 13.8 Å². The maximum atomic E-state index is 5.44. The van der Waals surface area contributed by atoms with Gasteiger partial charge in [0, 0.05) is 18.5 Å². The number of nitrogens with one attached hydrogen (secondary N) is 2. The van der Waals surface area contributed by atoms with Gasteiger partial charge in [0.25, 0.3) is 0 Å². The van der Waals surface area contributed by atoms with E-state index in [9.17, 15) is 0 Å². The second-order valence-corrected chi connectivity index (χ2v) is 7.48. The van der Waals surface area contributed by atoms with Crippen LogP contribution in [0.25, 0.3) is 0 Å². The third-order valence-electron chi connectivity index (χ3n) is 3.65. The van der Waals surface area contributed by atoms with Gasteiger partial charge in [0.05, 0.1) is 16.7 Å². The summed E-state index contributed by atoms with van der Waals surface area (Å²) in [6, 6.07) is 3.99. The zero-order valence-electron chi connectivity index (χ0n) is 14.2. The average Bonchev–Trinajstić information content (AvgIpc) is 3.15. The first-order valence-corrected chi connectivity index (χ1v) is 9.13.